The number of nitrogens with one attached hydrogen (secondary N) is 1. The zero-order chi connectivity index (χ0) is 26.8. The number of para-hydroxylation sites is 1. The minimum Gasteiger partial charge on any atom is -0.492 e. The minimum absolute atomic E-state index is 0.0355. The Labute approximate surface area is 224 Å². The Morgan fingerprint density at radius 3 is 2.34 bits per heavy atom. The molecule has 7 nitrogen and oxygen atoms in total. The summed E-state index contributed by atoms with van der Waals surface area (Å²) in [6, 6.07) is 23.1. The van der Waals surface area contributed by atoms with Crippen molar-refractivity contribution in [3.05, 3.63) is 84.6 Å². The van der Waals surface area contributed by atoms with Gasteiger partial charge in [0.05, 0.1) is 12.4 Å². The van der Waals surface area contributed by atoms with E-state index in [4.69, 9.17) is 4.74 Å². The summed E-state index contributed by atoms with van der Waals surface area (Å²) in [5, 5.41) is 1.19. The highest BCUT2D eigenvalue weighted by Gasteiger charge is 2.29. The van der Waals surface area contributed by atoms with Crippen LogP contribution in [-0.4, -0.2) is 57.8 Å². The zero-order valence-corrected chi connectivity index (χ0v) is 23.0. The number of H-pyrrole nitrogens is 1. The molecule has 1 saturated heterocycles. The second-order valence-electron chi connectivity index (χ2n) is 9.78. The first kappa shape index (κ1) is 26.5. The number of rotatable bonds is 9. The van der Waals surface area contributed by atoms with Crippen molar-refractivity contribution in [2.24, 2.45) is 0 Å². The number of nitrogens with zero attached hydrogens (tertiary/aromatic N) is 1. The van der Waals surface area contributed by atoms with Crippen molar-refractivity contribution in [3.63, 3.8) is 0 Å². The molecule has 0 saturated carbocycles. The molecular weight excluding hydrogens is 520 g/mol. The molecule has 4 aromatic rings. The normalized spacial score (nSPS) is 15.6. The van der Waals surface area contributed by atoms with Crippen LogP contribution in [0.4, 0.5) is 0 Å². The van der Waals surface area contributed by atoms with Crippen LogP contribution < -0.4 is 4.74 Å². The molecule has 1 fully saturated rings. The SMILES string of the molecule is CS(=O)(=O)c1ccccc1OCCCS(=O)(=O)N1CCC(c2c[nH]c3ccc(-c4ccccc4)cc23)CC1. The Bertz CT molecular complexity index is 1620. The van der Waals surface area contributed by atoms with Gasteiger partial charge in [0.2, 0.25) is 10.0 Å². The average molecular weight is 553 g/mol. The first-order chi connectivity index (χ1) is 18.2. The van der Waals surface area contributed by atoms with Crippen molar-refractivity contribution < 1.29 is 21.6 Å². The number of fused-ring (bicyclic) bond motifs is 1. The van der Waals surface area contributed by atoms with E-state index < -0.39 is 19.9 Å². The van der Waals surface area contributed by atoms with Gasteiger partial charge < -0.3 is 9.72 Å². The lowest BCUT2D eigenvalue weighted by Gasteiger charge is -2.31. The molecule has 0 spiro atoms. The van der Waals surface area contributed by atoms with Crippen LogP contribution in [0.2, 0.25) is 0 Å². The summed E-state index contributed by atoms with van der Waals surface area (Å²) < 4.78 is 57.1. The maximum Gasteiger partial charge on any atom is 0.214 e. The van der Waals surface area contributed by atoms with Crippen molar-refractivity contribution in [2.45, 2.75) is 30.1 Å². The summed E-state index contributed by atoms with van der Waals surface area (Å²) in [6.07, 6.45) is 5.01. The second-order valence-corrected chi connectivity index (χ2v) is 13.9. The van der Waals surface area contributed by atoms with Crippen LogP contribution >= 0.6 is 0 Å². The number of benzene rings is 3. The van der Waals surface area contributed by atoms with E-state index >= 15 is 0 Å². The van der Waals surface area contributed by atoms with Gasteiger partial charge in [-0.2, -0.15) is 0 Å². The molecule has 38 heavy (non-hydrogen) atoms. The van der Waals surface area contributed by atoms with Crippen LogP contribution in [-0.2, 0) is 19.9 Å². The van der Waals surface area contributed by atoms with Crippen molar-refractivity contribution >= 4 is 30.8 Å². The van der Waals surface area contributed by atoms with Crippen molar-refractivity contribution in [3.8, 4) is 16.9 Å². The fraction of sp³-hybridized carbons (Fsp3) is 0.310. The van der Waals surface area contributed by atoms with Gasteiger partial charge in [0.1, 0.15) is 10.6 Å². The van der Waals surface area contributed by atoms with Crippen molar-refractivity contribution in [1.29, 1.82) is 0 Å². The largest absolute Gasteiger partial charge is 0.492 e. The highest BCUT2D eigenvalue weighted by molar-refractivity contribution is 7.90. The van der Waals surface area contributed by atoms with E-state index in [9.17, 15) is 16.8 Å². The third-order valence-electron chi connectivity index (χ3n) is 7.16. The second kappa shape index (κ2) is 10.9. The van der Waals surface area contributed by atoms with Gasteiger partial charge >= 0.3 is 0 Å². The monoisotopic (exact) mass is 552 g/mol. The Balaban J connectivity index is 1.18. The summed E-state index contributed by atoms with van der Waals surface area (Å²) in [4.78, 5) is 3.49. The van der Waals surface area contributed by atoms with E-state index in [1.165, 1.54) is 28.1 Å². The smallest absolute Gasteiger partial charge is 0.214 e. The molecule has 2 heterocycles. The molecule has 1 N–H and O–H groups in total. The molecule has 0 bridgehead atoms. The van der Waals surface area contributed by atoms with E-state index in [2.05, 4.69) is 41.5 Å². The molecule has 1 aromatic heterocycles. The number of sulfone groups is 1. The van der Waals surface area contributed by atoms with Crippen LogP contribution in [0.15, 0.2) is 83.9 Å². The number of piperidine rings is 1. The number of aromatic nitrogens is 1. The molecule has 0 aliphatic carbocycles. The maximum atomic E-state index is 13.0. The minimum atomic E-state index is -3.43. The zero-order valence-electron chi connectivity index (χ0n) is 21.3. The fourth-order valence-electron chi connectivity index (χ4n) is 5.16. The predicted molar refractivity (Wildman–Crippen MR) is 151 cm³/mol. The lowest BCUT2D eigenvalue weighted by atomic mass is 9.89. The van der Waals surface area contributed by atoms with Crippen LogP contribution in [0.1, 0.15) is 30.7 Å². The lowest BCUT2D eigenvalue weighted by Crippen LogP contribution is -2.39. The number of hydrogen-bond donors (Lipinski definition) is 1. The topological polar surface area (TPSA) is 96.5 Å². The standard InChI is InChI=1S/C29H32N2O5S2/c1-37(32,33)29-11-6-5-10-28(29)36-18-7-19-38(34,35)31-16-14-23(15-17-31)26-21-30-27-13-12-24(20-25(26)27)22-8-3-2-4-9-22/h2-6,8-13,20-21,23,30H,7,14-19H2,1H3. The molecule has 1 aliphatic heterocycles. The highest BCUT2D eigenvalue weighted by atomic mass is 32.2. The Kier molecular flexibility index (Phi) is 7.61. The van der Waals surface area contributed by atoms with Crippen LogP contribution in [0.3, 0.4) is 0 Å². The predicted octanol–water partition coefficient (Wildman–Crippen LogP) is 5.22. The molecule has 5 rings (SSSR count). The van der Waals surface area contributed by atoms with Crippen LogP contribution in [0.5, 0.6) is 5.75 Å². The number of hydrogen-bond acceptors (Lipinski definition) is 5. The van der Waals surface area contributed by atoms with Gasteiger partial charge in [-0.1, -0.05) is 48.5 Å². The van der Waals surface area contributed by atoms with E-state index in [1.54, 1.807) is 22.5 Å². The van der Waals surface area contributed by atoms with Crippen molar-refractivity contribution in [2.75, 3.05) is 31.7 Å². The number of sulfonamides is 1. The number of ether oxygens (including phenoxy) is 1. The lowest BCUT2D eigenvalue weighted by molar-refractivity contribution is 0.301. The summed E-state index contributed by atoms with van der Waals surface area (Å²) >= 11 is 0. The van der Waals surface area contributed by atoms with Crippen LogP contribution in [0, 0.1) is 0 Å². The summed E-state index contributed by atoms with van der Waals surface area (Å²) in [5.41, 5.74) is 4.67. The maximum absolute atomic E-state index is 13.0. The first-order valence-electron chi connectivity index (χ1n) is 12.8. The first-order valence-corrected chi connectivity index (χ1v) is 16.3. The number of aromatic amines is 1. The molecule has 0 atom stereocenters. The van der Waals surface area contributed by atoms with Gasteiger partial charge in [-0.25, -0.2) is 21.1 Å². The third-order valence-corrected chi connectivity index (χ3v) is 10.3. The summed E-state index contributed by atoms with van der Waals surface area (Å²) in [7, 11) is -6.85. The van der Waals surface area contributed by atoms with E-state index in [1.807, 2.05) is 18.2 Å². The van der Waals surface area contributed by atoms with Gasteiger partial charge in [0.15, 0.2) is 9.84 Å². The van der Waals surface area contributed by atoms with Gasteiger partial charge in [-0.05, 0) is 66.1 Å². The molecule has 1 aliphatic rings. The highest BCUT2D eigenvalue weighted by Crippen LogP contribution is 2.36. The summed E-state index contributed by atoms with van der Waals surface area (Å²) in [5.74, 6) is 0.506. The summed E-state index contributed by atoms with van der Waals surface area (Å²) in [6.45, 7) is 1.09. The van der Waals surface area contributed by atoms with E-state index in [-0.39, 0.29) is 35.3 Å². The Morgan fingerprint density at radius 2 is 1.61 bits per heavy atom. The molecule has 0 amide bonds. The van der Waals surface area contributed by atoms with E-state index in [0.29, 0.717) is 13.1 Å². The molecule has 3 aromatic carbocycles. The molecule has 0 radical (unpaired) electrons. The molecule has 0 unspecified atom stereocenters. The van der Waals surface area contributed by atoms with Gasteiger partial charge in [-0.15, -0.1) is 0 Å². The molecule has 200 valence electrons. The average Bonchev–Trinajstić information content (AvgIpc) is 3.35. The van der Waals surface area contributed by atoms with Crippen LogP contribution in [0.25, 0.3) is 22.0 Å². The Hall–Kier alpha value is -3.14. The molecular formula is C29H32N2O5S2. The Morgan fingerprint density at radius 1 is 0.895 bits per heavy atom. The van der Waals surface area contributed by atoms with Gasteiger partial charge in [0, 0.05) is 36.4 Å². The van der Waals surface area contributed by atoms with Gasteiger partial charge in [-0.3, -0.25) is 0 Å². The quantitative estimate of drug-likeness (QED) is 0.287. The van der Waals surface area contributed by atoms with E-state index in [0.717, 1.165) is 24.6 Å². The molecule has 9 heteroatoms. The third kappa shape index (κ3) is 5.80. The van der Waals surface area contributed by atoms with Crippen molar-refractivity contribution in [1.82, 2.24) is 9.29 Å². The fourth-order valence-corrected chi connectivity index (χ4v) is 7.49. The van der Waals surface area contributed by atoms with Gasteiger partial charge in [0.25, 0.3) is 0 Å².